The number of hydrogen-bond acceptors (Lipinski definition) is 4. The van der Waals surface area contributed by atoms with Crippen molar-refractivity contribution >= 4 is 28.8 Å². The Hall–Kier alpha value is -2.46. The summed E-state index contributed by atoms with van der Waals surface area (Å²) in [6, 6.07) is 4.77. The van der Waals surface area contributed by atoms with Crippen molar-refractivity contribution in [1.29, 1.82) is 0 Å². The van der Waals surface area contributed by atoms with E-state index in [0.717, 1.165) is 10.9 Å². The number of nitrogens with one attached hydrogen (secondary N) is 1. The normalized spacial score (nSPS) is 17.9. The number of morpholine rings is 1. The van der Waals surface area contributed by atoms with E-state index in [-0.39, 0.29) is 25.4 Å². The summed E-state index contributed by atoms with van der Waals surface area (Å²) in [4.78, 5) is 26.9. The molecule has 1 fully saturated rings. The Morgan fingerprint density at radius 1 is 1.33 bits per heavy atom. The first-order chi connectivity index (χ1) is 12.8. The average molecular weight is 402 g/mol. The minimum atomic E-state index is -4.89. The molecular weight excluding hydrogens is 388 g/mol. The summed E-state index contributed by atoms with van der Waals surface area (Å²) in [5, 5.41) is 4.13. The first kappa shape index (κ1) is 19.3. The molecule has 0 bridgehead atoms. The number of hydrogen-bond donors (Lipinski definition) is 1. The third-order valence-corrected chi connectivity index (χ3v) is 4.81. The number of amides is 2. The predicted molar refractivity (Wildman–Crippen MR) is 89.5 cm³/mol. The molecule has 0 radical (unpaired) electrons. The Bertz CT molecular complexity index is 839. The molecule has 2 amide bonds. The molecule has 5 nitrogen and oxygen atoms in total. The summed E-state index contributed by atoms with van der Waals surface area (Å²) in [5.74, 6) is -2.54. The van der Waals surface area contributed by atoms with Gasteiger partial charge >= 0.3 is 6.18 Å². The van der Waals surface area contributed by atoms with Gasteiger partial charge in [0.25, 0.3) is 0 Å². The van der Waals surface area contributed by atoms with Gasteiger partial charge in [-0.1, -0.05) is 6.07 Å². The van der Waals surface area contributed by atoms with Gasteiger partial charge in [0.05, 0.1) is 18.7 Å². The smallest absolute Gasteiger partial charge is 0.369 e. The maximum Gasteiger partial charge on any atom is 0.419 e. The first-order valence-corrected chi connectivity index (χ1v) is 8.71. The Morgan fingerprint density at radius 3 is 2.78 bits per heavy atom. The fourth-order valence-corrected chi connectivity index (χ4v) is 3.34. The molecule has 1 aromatic carbocycles. The fourth-order valence-electron chi connectivity index (χ4n) is 2.64. The molecule has 27 heavy (non-hydrogen) atoms. The predicted octanol–water partition coefficient (Wildman–Crippen LogP) is 3.27. The van der Waals surface area contributed by atoms with E-state index >= 15 is 0 Å². The van der Waals surface area contributed by atoms with Gasteiger partial charge in [-0.05, 0) is 29.6 Å². The van der Waals surface area contributed by atoms with Gasteiger partial charge in [-0.2, -0.15) is 13.2 Å². The molecule has 1 aromatic heterocycles. The van der Waals surface area contributed by atoms with Gasteiger partial charge in [-0.25, -0.2) is 4.39 Å². The minimum Gasteiger partial charge on any atom is -0.369 e. The molecule has 1 atom stereocenters. The summed E-state index contributed by atoms with van der Waals surface area (Å²) >= 11 is 1.41. The Morgan fingerprint density at radius 2 is 2.11 bits per heavy atom. The lowest BCUT2D eigenvalue weighted by molar-refractivity contribution is -0.153. The quantitative estimate of drug-likeness (QED) is 0.799. The summed E-state index contributed by atoms with van der Waals surface area (Å²) in [6.45, 7) is -0.0740. The van der Waals surface area contributed by atoms with Crippen molar-refractivity contribution < 1.29 is 31.9 Å². The SMILES string of the molecule is O=C(Nc1ccc(F)c(C(F)(F)F)c1)[C@@H]1COCC(=O)N1Cc1cccs1. The molecular formula is C17H14F4N2O3S. The van der Waals surface area contributed by atoms with Crippen LogP contribution in [0.4, 0.5) is 23.2 Å². The number of thiophene rings is 1. The van der Waals surface area contributed by atoms with E-state index < -0.39 is 35.4 Å². The largest absolute Gasteiger partial charge is 0.419 e. The molecule has 144 valence electrons. The van der Waals surface area contributed by atoms with Crippen molar-refractivity contribution in [3.05, 3.63) is 52.0 Å². The Kier molecular flexibility index (Phi) is 5.47. The molecule has 1 N–H and O–H groups in total. The van der Waals surface area contributed by atoms with E-state index in [9.17, 15) is 27.2 Å². The van der Waals surface area contributed by atoms with Crippen molar-refractivity contribution in [1.82, 2.24) is 4.90 Å². The van der Waals surface area contributed by atoms with Crippen LogP contribution in [0, 0.1) is 5.82 Å². The maximum atomic E-state index is 13.4. The average Bonchev–Trinajstić information content (AvgIpc) is 3.10. The third-order valence-electron chi connectivity index (χ3n) is 3.95. The lowest BCUT2D eigenvalue weighted by Crippen LogP contribution is -2.54. The highest BCUT2D eigenvalue weighted by atomic mass is 32.1. The fraction of sp³-hybridized carbons (Fsp3) is 0.294. The van der Waals surface area contributed by atoms with E-state index in [1.54, 1.807) is 12.1 Å². The summed E-state index contributed by atoms with van der Waals surface area (Å²) in [5.41, 5.74) is -1.70. The molecule has 0 aliphatic carbocycles. The van der Waals surface area contributed by atoms with E-state index in [1.807, 2.05) is 5.38 Å². The van der Waals surface area contributed by atoms with Gasteiger partial charge < -0.3 is 15.0 Å². The zero-order valence-corrected chi connectivity index (χ0v) is 14.6. The zero-order chi connectivity index (χ0) is 19.6. The molecule has 3 rings (SSSR count). The van der Waals surface area contributed by atoms with Crippen molar-refractivity contribution in [2.45, 2.75) is 18.8 Å². The molecule has 10 heteroatoms. The highest BCUT2D eigenvalue weighted by molar-refractivity contribution is 7.09. The van der Waals surface area contributed by atoms with Gasteiger partial charge in [0.2, 0.25) is 11.8 Å². The number of alkyl halides is 3. The van der Waals surface area contributed by atoms with Gasteiger partial charge in [0.15, 0.2) is 0 Å². The third kappa shape index (κ3) is 4.45. The van der Waals surface area contributed by atoms with E-state index in [1.165, 1.54) is 16.2 Å². The van der Waals surface area contributed by atoms with E-state index in [2.05, 4.69) is 5.32 Å². The van der Waals surface area contributed by atoms with Crippen molar-refractivity contribution in [2.75, 3.05) is 18.5 Å². The number of benzene rings is 1. The number of carbonyl (C=O) groups is 2. The highest BCUT2D eigenvalue weighted by Crippen LogP contribution is 2.33. The molecule has 1 aliphatic heterocycles. The van der Waals surface area contributed by atoms with Crippen LogP contribution >= 0.6 is 11.3 Å². The van der Waals surface area contributed by atoms with Crippen molar-refractivity contribution in [2.24, 2.45) is 0 Å². The second kappa shape index (κ2) is 7.65. The zero-order valence-electron chi connectivity index (χ0n) is 13.8. The molecule has 2 heterocycles. The Balaban J connectivity index is 1.78. The number of nitrogens with zero attached hydrogens (tertiary/aromatic N) is 1. The number of ether oxygens (including phenoxy) is 1. The second-order valence-electron chi connectivity index (χ2n) is 5.81. The van der Waals surface area contributed by atoms with E-state index in [4.69, 9.17) is 4.74 Å². The molecule has 0 spiro atoms. The van der Waals surface area contributed by atoms with Crippen molar-refractivity contribution in [3.63, 3.8) is 0 Å². The topological polar surface area (TPSA) is 58.6 Å². The second-order valence-corrected chi connectivity index (χ2v) is 6.85. The van der Waals surface area contributed by atoms with Crippen LogP contribution in [0.3, 0.4) is 0 Å². The number of rotatable bonds is 4. The minimum absolute atomic E-state index is 0.0870. The van der Waals surface area contributed by atoms with Crippen LogP contribution in [0.2, 0.25) is 0 Å². The van der Waals surface area contributed by atoms with Gasteiger partial charge in [-0.3, -0.25) is 9.59 Å². The van der Waals surface area contributed by atoms with Crippen molar-refractivity contribution in [3.8, 4) is 0 Å². The summed E-state index contributed by atoms with van der Waals surface area (Å²) < 4.78 is 57.0. The molecule has 1 saturated heterocycles. The number of halogens is 4. The molecule has 0 unspecified atom stereocenters. The van der Waals surface area contributed by atoms with Gasteiger partial charge in [0, 0.05) is 10.6 Å². The lowest BCUT2D eigenvalue weighted by atomic mass is 10.1. The number of anilines is 1. The van der Waals surface area contributed by atoms with Crippen LogP contribution in [-0.4, -0.2) is 36.0 Å². The summed E-state index contributed by atoms with van der Waals surface area (Å²) in [7, 11) is 0. The molecule has 2 aromatic rings. The van der Waals surface area contributed by atoms with Gasteiger partial charge in [0.1, 0.15) is 18.5 Å². The van der Waals surface area contributed by atoms with Crippen LogP contribution in [0.25, 0.3) is 0 Å². The van der Waals surface area contributed by atoms with Crippen LogP contribution in [-0.2, 0) is 27.0 Å². The number of carbonyl (C=O) groups excluding carboxylic acids is 2. The van der Waals surface area contributed by atoms with Crippen LogP contribution < -0.4 is 5.32 Å². The van der Waals surface area contributed by atoms with Gasteiger partial charge in [-0.15, -0.1) is 11.3 Å². The van der Waals surface area contributed by atoms with Crippen LogP contribution in [0.5, 0.6) is 0 Å². The standard InChI is InChI=1S/C17H14F4N2O3S/c18-13-4-3-10(6-12(13)17(19,20)21)22-16(25)14-8-26-9-15(24)23(14)7-11-2-1-5-27-11/h1-6,14H,7-9H2,(H,22,25)/t14-/m0/s1. The van der Waals surface area contributed by atoms with Crippen LogP contribution in [0.1, 0.15) is 10.4 Å². The Labute approximate surface area is 155 Å². The highest BCUT2D eigenvalue weighted by Gasteiger charge is 2.36. The van der Waals surface area contributed by atoms with E-state index in [0.29, 0.717) is 12.1 Å². The lowest BCUT2D eigenvalue weighted by Gasteiger charge is -2.34. The monoisotopic (exact) mass is 402 g/mol. The first-order valence-electron chi connectivity index (χ1n) is 7.83. The maximum absolute atomic E-state index is 13.4. The van der Waals surface area contributed by atoms with Crippen LogP contribution in [0.15, 0.2) is 35.7 Å². The summed E-state index contributed by atoms with van der Waals surface area (Å²) in [6.07, 6.45) is -4.89. The molecule has 1 aliphatic rings. The molecule has 0 saturated carbocycles.